The number of carbonyl (C=O) groups excluding carboxylic acids is 2. The summed E-state index contributed by atoms with van der Waals surface area (Å²) in [6.45, 7) is 5.62. The number of rotatable bonds is 8. The molecule has 0 saturated carbocycles. The summed E-state index contributed by atoms with van der Waals surface area (Å²) in [7, 11) is 0. The number of nitrogens with one attached hydrogen (secondary N) is 2. The molecule has 0 aliphatic rings. The van der Waals surface area contributed by atoms with Gasteiger partial charge in [-0.05, 0) is 49.1 Å². The van der Waals surface area contributed by atoms with Gasteiger partial charge in [-0.15, -0.1) is 0 Å². The number of aryl methyl sites for hydroxylation is 2. The van der Waals surface area contributed by atoms with Crippen molar-refractivity contribution in [2.24, 2.45) is 0 Å². The lowest BCUT2D eigenvalue weighted by Gasteiger charge is -2.18. The topological polar surface area (TPSA) is 76.7 Å². The predicted octanol–water partition coefficient (Wildman–Crippen LogP) is 2.94. The van der Waals surface area contributed by atoms with E-state index in [9.17, 15) is 9.59 Å². The first-order valence-electron chi connectivity index (χ1n) is 9.06. The highest BCUT2D eigenvalue weighted by atomic mass is 16.5. The predicted molar refractivity (Wildman–Crippen MR) is 103 cm³/mol. The van der Waals surface area contributed by atoms with Crippen molar-refractivity contribution < 1.29 is 19.1 Å². The van der Waals surface area contributed by atoms with Crippen molar-refractivity contribution in [3.05, 3.63) is 59.7 Å². The van der Waals surface area contributed by atoms with Gasteiger partial charge in [-0.3, -0.25) is 20.4 Å². The van der Waals surface area contributed by atoms with Crippen LogP contribution in [-0.2, 0) is 16.0 Å². The molecule has 6 heteroatoms. The number of hydrogen-bond acceptors (Lipinski definition) is 4. The quantitative estimate of drug-likeness (QED) is 0.701. The molecule has 1 atom stereocenters. The van der Waals surface area contributed by atoms with Crippen LogP contribution in [0.3, 0.4) is 0 Å². The standard InChI is InChI=1S/C21H26N2O4/c1-4-16-10-12-17(13-11-16)26-14-20(24)22-23-21(25)18(5-2)27-19-9-7-6-8-15(19)3/h6-13,18H,4-5,14H2,1-3H3,(H,22,24)(H,23,25). The minimum Gasteiger partial charge on any atom is -0.484 e. The van der Waals surface area contributed by atoms with E-state index in [2.05, 4.69) is 17.8 Å². The Kier molecular flexibility index (Phi) is 7.67. The Bertz CT molecular complexity index is 759. The number of para-hydroxylation sites is 1. The normalized spacial score (nSPS) is 11.4. The van der Waals surface area contributed by atoms with Gasteiger partial charge in [-0.2, -0.15) is 0 Å². The highest BCUT2D eigenvalue weighted by Crippen LogP contribution is 2.18. The van der Waals surface area contributed by atoms with Crippen LogP contribution in [0.4, 0.5) is 0 Å². The van der Waals surface area contributed by atoms with Crippen LogP contribution in [0, 0.1) is 6.92 Å². The van der Waals surface area contributed by atoms with Crippen molar-refractivity contribution >= 4 is 11.8 Å². The second-order valence-electron chi connectivity index (χ2n) is 6.10. The maximum atomic E-state index is 12.2. The first-order chi connectivity index (χ1) is 13.0. The molecule has 2 N–H and O–H groups in total. The molecule has 0 fully saturated rings. The van der Waals surface area contributed by atoms with Crippen LogP contribution in [-0.4, -0.2) is 24.5 Å². The van der Waals surface area contributed by atoms with Crippen molar-refractivity contribution in [3.8, 4) is 11.5 Å². The molecule has 1 unspecified atom stereocenters. The van der Waals surface area contributed by atoms with Gasteiger partial charge in [0.05, 0.1) is 0 Å². The zero-order valence-corrected chi connectivity index (χ0v) is 16.0. The third kappa shape index (κ3) is 6.33. The Labute approximate surface area is 159 Å². The third-order valence-electron chi connectivity index (χ3n) is 4.05. The first-order valence-corrected chi connectivity index (χ1v) is 9.06. The molecule has 0 aliphatic carbocycles. The zero-order valence-electron chi connectivity index (χ0n) is 16.0. The summed E-state index contributed by atoms with van der Waals surface area (Å²) in [5.74, 6) is 0.378. The molecular formula is C21H26N2O4. The average molecular weight is 370 g/mol. The lowest BCUT2D eigenvalue weighted by molar-refractivity contribution is -0.134. The summed E-state index contributed by atoms with van der Waals surface area (Å²) >= 11 is 0. The van der Waals surface area contributed by atoms with Gasteiger partial charge in [0.15, 0.2) is 12.7 Å². The fraction of sp³-hybridized carbons (Fsp3) is 0.333. The van der Waals surface area contributed by atoms with E-state index < -0.39 is 17.9 Å². The maximum Gasteiger partial charge on any atom is 0.279 e. The molecular weight excluding hydrogens is 344 g/mol. The van der Waals surface area contributed by atoms with E-state index in [1.54, 1.807) is 0 Å². The molecule has 0 aromatic heterocycles. The van der Waals surface area contributed by atoms with Crippen molar-refractivity contribution in [1.29, 1.82) is 0 Å². The number of carbonyl (C=O) groups is 2. The molecule has 0 heterocycles. The molecule has 27 heavy (non-hydrogen) atoms. The van der Waals surface area contributed by atoms with Crippen LogP contribution in [0.25, 0.3) is 0 Å². The fourth-order valence-electron chi connectivity index (χ4n) is 2.38. The summed E-state index contributed by atoms with van der Waals surface area (Å²) in [4.78, 5) is 24.1. The minimum absolute atomic E-state index is 0.193. The van der Waals surface area contributed by atoms with E-state index in [1.807, 2.05) is 62.4 Å². The summed E-state index contributed by atoms with van der Waals surface area (Å²) in [6.07, 6.45) is 0.709. The highest BCUT2D eigenvalue weighted by molar-refractivity contribution is 5.85. The third-order valence-corrected chi connectivity index (χ3v) is 4.05. The van der Waals surface area contributed by atoms with Crippen molar-refractivity contribution in [2.75, 3.05) is 6.61 Å². The fourth-order valence-corrected chi connectivity index (χ4v) is 2.38. The van der Waals surface area contributed by atoms with Crippen LogP contribution in [0.5, 0.6) is 11.5 Å². The molecule has 2 aromatic carbocycles. The van der Waals surface area contributed by atoms with Gasteiger partial charge in [-0.25, -0.2) is 0 Å². The van der Waals surface area contributed by atoms with E-state index in [4.69, 9.17) is 9.47 Å². The Hall–Kier alpha value is -3.02. The molecule has 0 radical (unpaired) electrons. The molecule has 0 bridgehead atoms. The number of ether oxygens (including phenoxy) is 2. The smallest absolute Gasteiger partial charge is 0.279 e. The Balaban J connectivity index is 1.78. The number of amides is 2. The van der Waals surface area contributed by atoms with Crippen LogP contribution in [0.1, 0.15) is 31.4 Å². The number of benzene rings is 2. The molecule has 0 spiro atoms. The van der Waals surface area contributed by atoms with Crippen LogP contribution >= 0.6 is 0 Å². The van der Waals surface area contributed by atoms with Gasteiger partial charge < -0.3 is 9.47 Å². The Morgan fingerprint density at radius 2 is 1.70 bits per heavy atom. The Morgan fingerprint density at radius 1 is 1.00 bits per heavy atom. The summed E-state index contributed by atoms with van der Waals surface area (Å²) in [5.41, 5.74) is 6.86. The molecule has 0 saturated heterocycles. The van der Waals surface area contributed by atoms with E-state index in [0.29, 0.717) is 17.9 Å². The molecule has 6 nitrogen and oxygen atoms in total. The molecule has 2 rings (SSSR count). The first kappa shape index (κ1) is 20.3. The monoisotopic (exact) mass is 370 g/mol. The van der Waals surface area contributed by atoms with E-state index >= 15 is 0 Å². The lowest BCUT2D eigenvalue weighted by Crippen LogP contribution is -2.49. The SMILES string of the molecule is CCc1ccc(OCC(=O)NNC(=O)C(CC)Oc2ccccc2C)cc1. The van der Waals surface area contributed by atoms with Gasteiger partial charge in [0.1, 0.15) is 11.5 Å². The molecule has 2 amide bonds. The Morgan fingerprint density at radius 3 is 2.33 bits per heavy atom. The molecule has 144 valence electrons. The second kappa shape index (κ2) is 10.2. The number of hydrazine groups is 1. The highest BCUT2D eigenvalue weighted by Gasteiger charge is 2.19. The summed E-state index contributed by atoms with van der Waals surface area (Å²) < 4.78 is 11.1. The maximum absolute atomic E-state index is 12.2. The van der Waals surface area contributed by atoms with E-state index in [-0.39, 0.29) is 6.61 Å². The average Bonchev–Trinajstić information content (AvgIpc) is 2.70. The van der Waals surface area contributed by atoms with Crippen molar-refractivity contribution in [3.63, 3.8) is 0 Å². The van der Waals surface area contributed by atoms with Crippen LogP contribution < -0.4 is 20.3 Å². The second-order valence-corrected chi connectivity index (χ2v) is 6.10. The van der Waals surface area contributed by atoms with Gasteiger partial charge in [-0.1, -0.05) is 44.2 Å². The van der Waals surface area contributed by atoms with Gasteiger partial charge in [0.2, 0.25) is 0 Å². The summed E-state index contributed by atoms with van der Waals surface area (Å²) in [6, 6.07) is 15.0. The van der Waals surface area contributed by atoms with Gasteiger partial charge in [0.25, 0.3) is 11.8 Å². The van der Waals surface area contributed by atoms with Crippen molar-refractivity contribution in [2.45, 2.75) is 39.7 Å². The van der Waals surface area contributed by atoms with Crippen LogP contribution in [0.2, 0.25) is 0 Å². The minimum atomic E-state index is -0.700. The van der Waals surface area contributed by atoms with Crippen LogP contribution in [0.15, 0.2) is 48.5 Å². The largest absolute Gasteiger partial charge is 0.484 e. The van der Waals surface area contributed by atoms with Gasteiger partial charge >= 0.3 is 0 Å². The van der Waals surface area contributed by atoms with E-state index in [1.165, 1.54) is 5.56 Å². The number of hydrogen-bond donors (Lipinski definition) is 2. The van der Waals surface area contributed by atoms with Crippen molar-refractivity contribution in [1.82, 2.24) is 10.9 Å². The lowest BCUT2D eigenvalue weighted by atomic mass is 10.2. The molecule has 2 aromatic rings. The zero-order chi connectivity index (χ0) is 19.6. The summed E-state index contributed by atoms with van der Waals surface area (Å²) in [5, 5.41) is 0. The molecule has 0 aliphatic heterocycles. The van der Waals surface area contributed by atoms with E-state index in [0.717, 1.165) is 12.0 Å². The van der Waals surface area contributed by atoms with Gasteiger partial charge in [0, 0.05) is 0 Å².